The normalized spacial score (nSPS) is 12.0. The van der Waals surface area contributed by atoms with Gasteiger partial charge in [-0.05, 0) is 35.9 Å². The number of halogens is 1. The van der Waals surface area contributed by atoms with Crippen LogP contribution in [0.25, 0.3) is 0 Å². The van der Waals surface area contributed by atoms with E-state index in [1.807, 2.05) is 38.4 Å². The van der Waals surface area contributed by atoms with Gasteiger partial charge in [0, 0.05) is 30.4 Å². The second-order valence-corrected chi connectivity index (χ2v) is 5.41. The van der Waals surface area contributed by atoms with Crippen molar-refractivity contribution < 1.29 is 4.74 Å². The Hall–Kier alpha value is -1.75. The van der Waals surface area contributed by atoms with Crippen molar-refractivity contribution in [3.8, 4) is 5.75 Å². The highest BCUT2D eigenvalue weighted by molar-refractivity contribution is 6.30. The number of nitrogens with one attached hydrogen (secondary N) is 1. The summed E-state index contributed by atoms with van der Waals surface area (Å²) >= 11 is 6.10. The quantitative estimate of drug-likeness (QED) is 0.659. The molecule has 5 heteroatoms. The molecule has 4 nitrogen and oxygen atoms in total. The van der Waals surface area contributed by atoms with Crippen LogP contribution in [0, 0.1) is 0 Å². The summed E-state index contributed by atoms with van der Waals surface area (Å²) in [5, 5.41) is 0.649. The Labute approximate surface area is 130 Å². The first-order valence-electron chi connectivity index (χ1n) is 6.63. The summed E-state index contributed by atoms with van der Waals surface area (Å²) < 4.78 is 5.40. The number of anilines is 1. The van der Waals surface area contributed by atoms with Gasteiger partial charge in [0.2, 0.25) is 0 Å². The molecule has 0 radical (unpaired) electrons. The van der Waals surface area contributed by atoms with Crippen LogP contribution in [-0.2, 0) is 0 Å². The summed E-state index contributed by atoms with van der Waals surface area (Å²) in [6, 6.07) is 13.5. The highest BCUT2D eigenvalue weighted by atomic mass is 35.5. The van der Waals surface area contributed by atoms with E-state index in [2.05, 4.69) is 22.5 Å². The molecule has 0 aliphatic rings. The summed E-state index contributed by atoms with van der Waals surface area (Å²) in [5.41, 5.74) is 5.92. The van der Waals surface area contributed by atoms with Gasteiger partial charge in [0.1, 0.15) is 5.75 Å². The maximum atomic E-state index is 6.10. The number of nitrogens with zero attached hydrogens (tertiary/aromatic N) is 1. The number of ether oxygens (including phenoxy) is 1. The minimum atomic E-state index is -0.185. The molecule has 0 aliphatic carbocycles. The van der Waals surface area contributed by atoms with E-state index in [1.54, 1.807) is 13.2 Å². The zero-order valence-corrected chi connectivity index (χ0v) is 13.2. The zero-order valence-electron chi connectivity index (χ0n) is 12.4. The largest absolute Gasteiger partial charge is 0.496 e. The third kappa shape index (κ3) is 3.47. The van der Waals surface area contributed by atoms with E-state index in [0.717, 1.165) is 22.6 Å². The van der Waals surface area contributed by atoms with Crippen LogP contribution in [0.3, 0.4) is 0 Å². The molecule has 112 valence electrons. The minimum absolute atomic E-state index is 0.185. The fourth-order valence-corrected chi connectivity index (χ4v) is 2.44. The first-order chi connectivity index (χ1) is 10.1. The number of methoxy groups -OCH3 is 1. The van der Waals surface area contributed by atoms with Gasteiger partial charge in [-0.3, -0.25) is 5.84 Å². The van der Waals surface area contributed by atoms with Crippen molar-refractivity contribution in [2.24, 2.45) is 5.84 Å². The van der Waals surface area contributed by atoms with Gasteiger partial charge in [0.15, 0.2) is 0 Å². The summed E-state index contributed by atoms with van der Waals surface area (Å²) in [5.74, 6) is 6.50. The van der Waals surface area contributed by atoms with Crippen molar-refractivity contribution in [2.45, 2.75) is 6.04 Å². The number of rotatable bonds is 5. The molecule has 0 heterocycles. The van der Waals surface area contributed by atoms with Crippen LogP contribution in [0.4, 0.5) is 5.69 Å². The molecule has 1 unspecified atom stereocenters. The minimum Gasteiger partial charge on any atom is -0.496 e. The summed E-state index contributed by atoms with van der Waals surface area (Å²) in [6.45, 7) is 0. The smallest absolute Gasteiger partial charge is 0.124 e. The van der Waals surface area contributed by atoms with Crippen molar-refractivity contribution in [1.29, 1.82) is 0 Å². The molecule has 0 saturated carbocycles. The van der Waals surface area contributed by atoms with Gasteiger partial charge >= 0.3 is 0 Å². The zero-order chi connectivity index (χ0) is 15.4. The molecule has 2 rings (SSSR count). The molecular weight excluding hydrogens is 286 g/mol. The maximum absolute atomic E-state index is 6.10. The molecule has 0 amide bonds. The van der Waals surface area contributed by atoms with Crippen LogP contribution >= 0.6 is 11.6 Å². The Kier molecular flexibility index (Phi) is 5.07. The molecule has 0 spiro atoms. The van der Waals surface area contributed by atoms with Crippen molar-refractivity contribution in [3.05, 3.63) is 58.6 Å². The molecule has 0 fully saturated rings. The van der Waals surface area contributed by atoms with E-state index in [9.17, 15) is 0 Å². The first kappa shape index (κ1) is 15.6. The van der Waals surface area contributed by atoms with Crippen LogP contribution < -0.4 is 20.9 Å². The number of benzene rings is 2. The second kappa shape index (κ2) is 6.80. The lowest BCUT2D eigenvalue weighted by molar-refractivity contribution is 0.404. The van der Waals surface area contributed by atoms with Crippen LogP contribution in [-0.4, -0.2) is 21.2 Å². The van der Waals surface area contributed by atoms with Crippen molar-refractivity contribution in [3.63, 3.8) is 0 Å². The molecule has 3 N–H and O–H groups in total. The van der Waals surface area contributed by atoms with Gasteiger partial charge in [-0.2, -0.15) is 0 Å². The number of hydrogen-bond donors (Lipinski definition) is 2. The van der Waals surface area contributed by atoms with E-state index in [4.69, 9.17) is 22.2 Å². The van der Waals surface area contributed by atoms with Gasteiger partial charge in [-0.15, -0.1) is 0 Å². The third-order valence-electron chi connectivity index (χ3n) is 3.41. The van der Waals surface area contributed by atoms with Crippen LogP contribution in [0.5, 0.6) is 5.75 Å². The average molecular weight is 306 g/mol. The van der Waals surface area contributed by atoms with E-state index < -0.39 is 0 Å². The number of hydrazine groups is 1. The Morgan fingerprint density at radius 2 is 1.81 bits per heavy atom. The molecule has 0 aromatic heterocycles. The SMILES string of the molecule is COc1ccc(Cl)cc1C(NN)c1ccc(N(C)C)cc1. The number of hydrogen-bond acceptors (Lipinski definition) is 4. The van der Waals surface area contributed by atoms with E-state index in [1.165, 1.54) is 0 Å². The topological polar surface area (TPSA) is 50.5 Å². The molecule has 2 aromatic carbocycles. The lowest BCUT2D eigenvalue weighted by Crippen LogP contribution is -2.29. The molecule has 0 bridgehead atoms. The van der Waals surface area contributed by atoms with Crippen LogP contribution in [0.15, 0.2) is 42.5 Å². The van der Waals surface area contributed by atoms with Gasteiger partial charge in [-0.25, -0.2) is 5.43 Å². The Balaban J connectivity index is 2.41. The van der Waals surface area contributed by atoms with E-state index in [0.29, 0.717) is 5.02 Å². The predicted octanol–water partition coefficient (Wildman–Crippen LogP) is 2.97. The Bertz CT molecular complexity index is 599. The standard InChI is InChI=1S/C16H20ClN3O/c1-20(2)13-7-4-11(5-8-13)16(19-18)14-10-12(17)6-9-15(14)21-3/h4-10,16,19H,18H2,1-3H3. The summed E-state index contributed by atoms with van der Waals surface area (Å²) in [6.07, 6.45) is 0. The van der Waals surface area contributed by atoms with Gasteiger partial charge < -0.3 is 9.64 Å². The molecule has 0 saturated heterocycles. The lowest BCUT2D eigenvalue weighted by atomic mass is 9.98. The molecule has 1 atom stereocenters. The van der Waals surface area contributed by atoms with Crippen molar-refractivity contribution >= 4 is 17.3 Å². The van der Waals surface area contributed by atoms with Crippen LogP contribution in [0.2, 0.25) is 5.02 Å². The fourth-order valence-electron chi connectivity index (χ4n) is 2.26. The fraction of sp³-hybridized carbons (Fsp3) is 0.250. The predicted molar refractivity (Wildman–Crippen MR) is 87.9 cm³/mol. The van der Waals surface area contributed by atoms with Gasteiger partial charge in [0.05, 0.1) is 13.2 Å². The second-order valence-electron chi connectivity index (χ2n) is 4.97. The molecule has 2 aromatic rings. The monoisotopic (exact) mass is 305 g/mol. The van der Waals surface area contributed by atoms with Gasteiger partial charge in [0.25, 0.3) is 0 Å². The third-order valence-corrected chi connectivity index (χ3v) is 3.65. The maximum Gasteiger partial charge on any atom is 0.124 e. The van der Waals surface area contributed by atoms with E-state index in [-0.39, 0.29) is 6.04 Å². The van der Waals surface area contributed by atoms with Gasteiger partial charge in [-0.1, -0.05) is 23.7 Å². The first-order valence-corrected chi connectivity index (χ1v) is 7.01. The molecule has 0 aliphatic heterocycles. The van der Waals surface area contributed by atoms with E-state index >= 15 is 0 Å². The lowest BCUT2D eigenvalue weighted by Gasteiger charge is -2.21. The Morgan fingerprint density at radius 1 is 1.14 bits per heavy atom. The summed E-state index contributed by atoms with van der Waals surface area (Å²) in [4.78, 5) is 2.05. The summed E-state index contributed by atoms with van der Waals surface area (Å²) in [7, 11) is 5.65. The van der Waals surface area contributed by atoms with Crippen LogP contribution in [0.1, 0.15) is 17.2 Å². The van der Waals surface area contributed by atoms with Crippen molar-refractivity contribution in [1.82, 2.24) is 5.43 Å². The Morgan fingerprint density at radius 3 is 2.33 bits per heavy atom. The highest BCUT2D eigenvalue weighted by Gasteiger charge is 2.17. The molecule has 21 heavy (non-hydrogen) atoms. The highest BCUT2D eigenvalue weighted by Crippen LogP contribution is 2.32. The van der Waals surface area contributed by atoms with Crippen molar-refractivity contribution in [2.75, 3.05) is 26.1 Å². The number of nitrogens with two attached hydrogens (primary N) is 1. The molecular formula is C16H20ClN3O. The average Bonchev–Trinajstić information content (AvgIpc) is 2.49.